The van der Waals surface area contributed by atoms with Crippen molar-refractivity contribution < 1.29 is 24.9 Å². The van der Waals surface area contributed by atoms with Crippen molar-refractivity contribution in [3.05, 3.63) is 32.6 Å². The fourth-order valence-electron chi connectivity index (χ4n) is 1.92. The fraction of sp³-hybridized carbons (Fsp3) is 0.500. The van der Waals surface area contributed by atoms with E-state index in [1.807, 2.05) is 4.98 Å². The number of aromatic carboxylic acids is 1. The summed E-state index contributed by atoms with van der Waals surface area (Å²) in [6, 6.07) is 0. The number of hydrogen-bond acceptors (Lipinski definition) is 6. The van der Waals surface area contributed by atoms with Crippen molar-refractivity contribution in [2.24, 2.45) is 0 Å². The molecule has 1 fully saturated rings. The molecule has 1 aromatic rings. The molecule has 1 aliphatic heterocycles. The molecule has 9 heteroatoms. The van der Waals surface area contributed by atoms with Gasteiger partial charge in [0.25, 0.3) is 5.56 Å². The molecule has 0 spiro atoms. The van der Waals surface area contributed by atoms with Crippen molar-refractivity contribution in [2.45, 2.75) is 24.9 Å². The Morgan fingerprint density at radius 3 is 2.74 bits per heavy atom. The molecule has 1 saturated heterocycles. The molecule has 1 aromatic heterocycles. The lowest BCUT2D eigenvalue weighted by atomic mass is 10.2. The number of hydrogen-bond donors (Lipinski definition) is 4. The second-order valence-electron chi connectivity index (χ2n) is 4.15. The van der Waals surface area contributed by atoms with Gasteiger partial charge in [0.2, 0.25) is 0 Å². The summed E-state index contributed by atoms with van der Waals surface area (Å²) in [5.74, 6) is -1.50. The molecule has 19 heavy (non-hydrogen) atoms. The molecule has 2 unspecified atom stereocenters. The summed E-state index contributed by atoms with van der Waals surface area (Å²) < 4.78 is 6.01. The van der Waals surface area contributed by atoms with Crippen molar-refractivity contribution in [1.82, 2.24) is 9.55 Å². The van der Waals surface area contributed by atoms with E-state index in [2.05, 4.69) is 0 Å². The highest BCUT2D eigenvalue weighted by Crippen LogP contribution is 2.27. The number of nitrogens with one attached hydrogen (secondary N) is 1. The quantitative estimate of drug-likeness (QED) is 0.492. The molecule has 4 N–H and O–H groups in total. The summed E-state index contributed by atoms with van der Waals surface area (Å²) in [7, 11) is 0. The molecule has 0 aromatic carbocycles. The molecular formula is C10H12N2O7. The minimum absolute atomic E-state index is 0.106. The van der Waals surface area contributed by atoms with Crippen LogP contribution in [0.15, 0.2) is 15.8 Å². The summed E-state index contributed by atoms with van der Waals surface area (Å²) in [6.45, 7) is -0.336. The van der Waals surface area contributed by atoms with Crippen molar-refractivity contribution in [3.8, 4) is 0 Å². The van der Waals surface area contributed by atoms with E-state index in [1.165, 1.54) is 0 Å². The zero-order valence-electron chi connectivity index (χ0n) is 9.65. The molecule has 2 rings (SSSR count). The van der Waals surface area contributed by atoms with E-state index in [1.54, 1.807) is 0 Å². The molecule has 0 radical (unpaired) electrons. The predicted octanol–water partition coefficient (Wildman–Crippen LogP) is -2.12. The molecule has 0 aliphatic carbocycles. The number of rotatable bonds is 3. The number of carboxylic acids is 1. The van der Waals surface area contributed by atoms with E-state index in [0.717, 1.165) is 10.8 Å². The molecule has 9 nitrogen and oxygen atoms in total. The number of aliphatic hydroxyl groups is 2. The first kappa shape index (κ1) is 13.5. The Labute approximate surface area is 105 Å². The summed E-state index contributed by atoms with van der Waals surface area (Å²) >= 11 is 0. The van der Waals surface area contributed by atoms with Crippen molar-refractivity contribution in [3.63, 3.8) is 0 Å². The van der Waals surface area contributed by atoms with Crippen LogP contribution < -0.4 is 11.2 Å². The zero-order valence-corrected chi connectivity index (χ0v) is 9.65. The number of carboxylic acid groups (broad SMARTS) is 1. The Balaban J connectivity index is 2.46. The van der Waals surface area contributed by atoms with E-state index in [-0.39, 0.29) is 13.0 Å². The molecule has 1 aliphatic rings. The Hall–Kier alpha value is -1.97. The van der Waals surface area contributed by atoms with E-state index >= 15 is 0 Å². The van der Waals surface area contributed by atoms with Gasteiger partial charge in [0.1, 0.15) is 11.7 Å². The van der Waals surface area contributed by atoms with Crippen molar-refractivity contribution in [2.75, 3.05) is 6.61 Å². The lowest BCUT2D eigenvalue weighted by Crippen LogP contribution is -2.37. The monoisotopic (exact) mass is 272 g/mol. The highest BCUT2D eigenvalue weighted by molar-refractivity contribution is 5.86. The third kappa shape index (κ3) is 2.43. The fourth-order valence-corrected chi connectivity index (χ4v) is 1.92. The van der Waals surface area contributed by atoms with Gasteiger partial charge < -0.3 is 20.1 Å². The first-order valence-corrected chi connectivity index (χ1v) is 5.47. The lowest BCUT2D eigenvalue weighted by Gasteiger charge is -2.17. The third-order valence-electron chi connectivity index (χ3n) is 2.84. The van der Waals surface area contributed by atoms with Gasteiger partial charge in [0, 0.05) is 12.6 Å². The van der Waals surface area contributed by atoms with E-state index in [9.17, 15) is 19.5 Å². The minimum atomic E-state index is -1.50. The third-order valence-corrected chi connectivity index (χ3v) is 2.84. The van der Waals surface area contributed by atoms with Crippen LogP contribution in [-0.2, 0) is 4.74 Å². The number of ether oxygens (including phenoxy) is 1. The SMILES string of the molecule is O=C(O)c1cn(C2O[C@H](CO)CC2O)c(=O)[nH]c1=O. The summed E-state index contributed by atoms with van der Waals surface area (Å²) in [5, 5.41) is 27.5. The van der Waals surface area contributed by atoms with Crippen LogP contribution in [0.4, 0.5) is 0 Å². The van der Waals surface area contributed by atoms with Gasteiger partial charge in [-0.15, -0.1) is 0 Å². The van der Waals surface area contributed by atoms with Gasteiger partial charge in [0.15, 0.2) is 6.23 Å². The maximum atomic E-state index is 11.6. The van der Waals surface area contributed by atoms with Gasteiger partial charge in [-0.25, -0.2) is 9.59 Å². The predicted molar refractivity (Wildman–Crippen MR) is 59.9 cm³/mol. The van der Waals surface area contributed by atoms with Gasteiger partial charge in [-0.2, -0.15) is 0 Å². The molecule has 3 atom stereocenters. The van der Waals surface area contributed by atoms with Crippen LogP contribution in [0, 0.1) is 0 Å². The maximum Gasteiger partial charge on any atom is 0.342 e. The zero-order chi connectivity index (χ0) is 14.2. The second-order valence-corrected chi connectivity index (χ2v) is 4.15. The van der Waals surface area contributed by atoms with Crippen LogP contribution in [-0.4, -0.2) is 49.7 Å². The van der Waals surface area contributed by atoms with Crippen molar-refractivity contribution in [1.29, 1.82) is 0 Å². The summed E-state index contributed by atoms with van der Waals surface area (Å²) in [5.41, 5.74) is -2.56. The van der Waals surface area contributed by atoms with Gasteiger partial charge >= 0.3 is 11.7 Å². The van der Waals surface area contributed by atoms with Crippen LogP contribution in [0.2, 0.25) is 0 Å². The Bertz CT molecular complexity index is 605. The first-order valence-electron chi connectivity index (χ1n) is 5.47. The Kier molecular flexibility index (Phi) is 3.51. The Morgan fingerprint density at radius 1 is 1.53 bits per heavy atom. The largest absolute Gasteiger partial charge is 0.477 e. The van der Waals surface area contributed by atoms with Crippen LogP contribution in [0.5, 0.6) is 0 Å². The van der Waals surface area contributed by atoms with Crippen LogP contribution in [0.25, 0.3) is 0 Å². The number of aromatic nitrogens is 2. The van der Waals surface area contributed by atoms with E-state index in [4.69, 9.17) is 14.9 Å². The van der Waals surface area contributed by atoms with E-state index < -0.39 is 41.2 Å². The topological polar surface area (TPSA) is 142 Å². The number of carbonyl (C=O) groups is 1. The molecule has 0 bridgehead atoms. The maximum absolute atomic E-state index is 11.6. The van der Waals surface area contributed by atoms with Gasteiger partial charge in [-0.1, -0.05) is 0 Å². The van der Waals surface area contributed by atoms with Gasteiger partial charge in [0.05, 0.1) is 12.7 Å². The van der Waals surface area contributed by atoms with Crippen molar-refractivity contribution >= 4 is 5.97 Å². The normalized spacial score (nSPS) is 26.5. The highest BCUT2D eigenvalue weighted by atomic mass is 16.5. The highest BCUT2D eigenvalue weighted by Gasteiger charge is 2.35. The van der Waals surface area contributed by atoms with E-state index in [0.29, 0.717) is 0 Å². The van der Waals surface area contributed by atoms with Gasteiger partial charge in [-0.05, 0) is 0 Å². The van der Waals surface area contributed by atoms with Crippen LogP contribution in [0.3, 0.4) is 0 Å². The van der Waals surface area contributed by atoms with Gasteiger partial charge in [-0.3, -0.25) is 14.3 Å². The molecular weight excluding hydrogens is 260 g/mol. The Morgan fingerprint density at radius 2 is 2.21 bits per heavy atom. The second kappa shape index (κ2) is 4.96. The molecule has 2 heterocycles. The lowest BCUT2D eigenvalue weighted by molar-refractivity contribution is -0.0531. The number of aromatic amines is 1. The van der Waals surface area contributed by atoms with Crippen LogP contribution >= 0.6 is 0 Å². The first-order chi connectivity index (χ1) is 8.93. The molecule has 104 valence electrons. The average molecular weight is 272 g/mol. The number of nitrogens with zero attached hydrogens (tertiary/aromatic N) is 1. The molecule has 0 saturated carbocycles. The molecule has 0 amide bonds. The van der Waals surface area contributed by atoms with Crippen LogP contribution in [0.1, 0.15) is 23.0 Å². The smallest absolute Gasteiger partial charge is 0.342 e. The number of H-pyrrole nitrogens is 1. The summed E-state index contributed by atoms with van der Waals surface area (Å²) in [4.78, 5) is 35.5. The summed E-state index contributed by atoms with van der Waals surface area (Å²) in [6.07, 6.45) is -1.94. The standard InChI is InChI=1S/C10H12N2O7/c13-3-4-1-6(14)8(19-4)12-2-5(9(16)17)7(15)11-10(12)18/h2,4,6,8,13-14H,1,3H2,(H,16,17)(H,11,15,18)/t4-,6?,8?/m0/s1. The minimum Gasteiger partial charge on any atom is -0.477 e. The average Bonchev–Trinajstić information content (AvgIpc) is 2.70. The number of aliphatic hydroxyl groups excluding tert-OH is 2.